The number of piperidine rings is 1. The summed E-state index contributed by atoms with van der Waals surface area (Å²) in [6.45, 7) is 0.297. The molecule has 2 aromatic rings. The smallest absolute Gasteiger partial charge is 0.409 e. The number of aliphatic carboxylic acids is 1. The number of carboxylic acids is 1. The number of hydrogen-bond acceptors (Lipinski definition) is 5. The molecule has 0 aromatic heterocycles. The zero-order valence-corrected chi connectivity index (χ0v) is 19.7. The Morgan fingerprint density at radius 2 is 1.76 bits per heavy atom. The van der Waals surface area contributed by atoms with Crippen molar-refractivity contribution in [3.63, 3.8) is 0 Å². The van der Waals surface area contributed by atoms with Crippen LogP contribution in [0.15, 0.2) is 47.4 Å². The normalized spacial score (nSPS) is 15.7. The van der Waals surface area contributed by atoms with Gasteiger partial charge in [0.15, 0.2) is 9.84 Å². The van der Waals surface area contributed by atoms with Gasteiger partial charge in [0.2, 0.25) is 0 Å². The van der Waals surface area contributed by atoms with E-state index < -0.39 is 38.8 Å². The monoisotopic (exact) mass is 515 g/mol. The van der Waals surface area contributed by atoms with Crippen LogP contribution >= 0.6 is 11.6 Å². The minimum absolute atomic E-state index is 0.0219. The van der Waals surface area contributed by atoms with Crippen molar-refractivity contribution in [1.29, 1.82) is 0 Å². The summed E-state index contributed by atoms with van der Waals surface area (Å²) < 4.78 is 60.2. The van der Waals surface area contributed by atoms with Crippen LogP contribution in [0.1, 0.15) is 36.5 Å². The molecule has 0 spiro atoms. The Hall–Kier alpha value is -2.72. The standard InChI is InChI=1S/C23H24ClF2NO6S/c24-16-1-4-18(5-2-16)34(31,32)21(19-14-17(25)3-6-20(19)26)9-12-33-23(30)27-10-7-15(8-11-27)13-22(28)29/h1-6,14-15,21H,7-13H2,(H,28,29)/t21-/m0/s1. The number of rotatable bonds is 8. The maximum atomic E-state index is 14.5. The minimum atomic E-state index is -4.18. The van der Waals surface area contributed by atoms with Gasteiger partial charge < -0.3 is 14.7 Å². The van der Waals surface area contributed by atoms with E-state index in [9.17, 15) is 26.8 Å². The third-order valence-electron chi connectivity index (χ3n) is 5.76. The van der Waals surface area contributed by atoms with Gasteiger partial charge in [-0.1, -0.05) is 11.6 Å². The fraction of sp³-hybridized carbons (Fsp3) is 0.391. The van der Waals surface area contributed by atoms with Gasteiger partial charge >= 0.3 is 12.1 Å². The summed E-state index contributed by atoms with van der Waals surface area (Å²) in [6, 6.07) is 7.86. The Balaban J connectivity index is 1.72. The molecule has 1 atom stereocenters. The Morgan fingerprint density at radius 1 is 1.12 bits per heavy atom. The first-order valence-corrected chi connectivity index (χ1v) is 12.6. The number of ether oxygens (including phenoxy) is 1. The Morgan fingerprint density at radius 3 is 2.38 bits per heavy atom. The minimum Gasteiger partial charge on any atom is -0.481 e. The number of carboxylic acid groups (broad SMARTS) is 1. The van der Waals surface area contributed by atoms with Crippen molar-refractivity contribution in [2.24, 2.45) is 5.92 Å². The number of hydrogen-bond donors (Lipinski definition) is 1. The summed E-state index contributed by atoms with van der Waals surface area (Å²) in [6.07, 6.45) is 0.0994. The largest absolute Gasteiger partial charge is 0.481 e. The third-order valence-corrected chi connectivity index (χ3v) is 8.18. The molecule has 0 radical (unpaired) electrons. The Kier molecular flexibility index (Phi) is 8.48. The highest BCUT2D eigenvalue weighted by atomic mass is 35.5. The van der Waals surface area contributed by atoms with Gasteiger partial charge in [-0.05, 0) is 61.2 Å². The van der Waals surface area contributed by atoms with E-state index >= 15 is 0 Å². The number of benzene rings is 2. The van der Waals surface area contributed by atoms with Crippen LogP contribution in [-0.4, -0.2) is 50.2 Å². The molecule has 0 unspecified atom stereocenters. The molecule has 0 saturated carbocycles. The predicted octanol–water partition coefficient (Wildman–Crippen LogP) is 4.85. The molecule has 3 rings (SSSR count). The van der Waals surface area contributed by atoms with Crippen LogP contribution < -0.4 is 0 Å². The van der Waals surface area contributed by atoms with Crippen molar-refractivity contribution in [1.82, 2.24) is 4.90 Å². The summed E-state index contributed by atoms with van der Waals surface area (Å²) in [5, 5.41) is 7.70. The van der Waals surface area contributed by atoms with Crippen molar-refractivity contribution in [3.8, 4) is 0 Å². The summed E-state index contributed by atoms with van der Waals surface area (Å²) in [4.78, 5) is 24.5. The number of sulfone groups is 1. The second-order valence-electron chi connectivity index (χ2n) is 8.08. The molecule has 1 saturated heterocycles. The van der Waals surface area contributed by atoms with Gasteiger partial charge in [-0.15, -0.1) is 0 Å². The maximum absolute atomic E-state index is 14.5. The van der Waals surface area contributed by atoms with Gasteiger partial charge in [0.05, 0.1) is 16.8 Å². The lowest BCUT2D eigenvalue weighted by Crippen LogP contribution is -2.39. The van der Waals surface area contributed by atoms with Crippen LogP contribution in [0.3, 0.4) is 0 Å². The highest BCUT2D eigenvalue weighted by Crippen LogP contribution is 2.34. The quantitative estimate of drug-likeness (QED) is 0.539. The molecular weight excluding hydrogens is 492 g/mol. The zero-order chi connectivity index (χ0) is 24.9. The highest BCUT2D eigenvalue weighted by molar-refractivity contribution is 7.91. The molecular formula is C23H24ClF2NO6S. The van der Waals surface area contributed by atoms with E-state index in [1.807, 2.05) is 0 Å². The first-order chi connectivity index (χ1) is 16.1. The average molecular weight is 516 g/mol. The number of amides is 1. The molecule has 1 aliphatic heterocycles. The number of halogens is 3. The molecule has 1 heterocycles. The van der Waals surface area contributed by atoms with E-state index in [0.29, 0.717) is 31.0 Å². The van der Waals surface area contributed by atoms with Crippen LogP contribution in [0.5, 0.6) is 0 Å². The topological polar surface area (TPSA) is 101 Å². The van der Waals surface area contributed by atoms with Crippen LogP contribution in [0.2, 0.25) is 5.02 Å². The molecule has 7 nitrogen and oxygen atoms in total. The van der Waals surface area contributed by atoms with Crippen LogP contribution in [-0.2, 0) is 19.4 Å². The fourth-order valence-corrected chi connectivity index (χ4v) is 5.83. The lowest BCUT2D eigenvalue weighted by atomic mass is 9.94. The van der Waals surface area contributed by atoms with Crippen LogP contribution in [0, 0.1) is 17.6 Å². The highest BCUT2D eigenvalue weighted by Gasteiger charge is 2.32. The molecule has 2 aromatic carbocycles. The Bertz CT molecular complexity index is 1130. The number of nitrogens with zero attached hydrogens (tertiary/aromatic N) is 1. The van der Waals surface area contributed by atoms with E-state index in [4.69, 9.17) is 21.4 Å². The fourth-order valence-electron chi connectivity index (χ4n) is 3.94. The summed E-state index contributed by atoms with van der Waals surface area (Å²) in [7, 11) is -4.18. The van der Waals surface area contributed by atoms with Crippen molar-refractivity contribution in [3.05, 3.63) is 64.7 Å². The summed E-state index contributed by atoms with van der Waals surface area (Å²) in [5.41, 5.74) is -0.361. The number of carbonyl (C=O) groups excluding carboxylic acids is 1. The Labute approximate surface area is 201 Å². The average Bonchev–Trinajstić information content (AvgIpc) is 2.78. The van der Waals surface area contributed by atoms with Gasteiger partial charge in [-0.25, -0.2) is 22.0 Å². The summed E-state index contributed by atoms with van der Waals surface area (Å²) in [5.74, 6) is -2.60. The maximum Gasteiger partial charge on any atom is 0.409 e. The molecule has 0 bridgehead atoms. The van der Waals surface area contributed by atoms with Gasteiger partial charge in [-0.3, -0.25) is 4.79 Å². The second-order valence-corrected chi connectivity index (χ2v) is 10.7. The van der Waals surface area contributed by atoms with Crippen molar-refractivity contribution < 1.29 is 36.6 Å². The van der Waals surface area contributed by atoms with E-state index in [2.05, 4.69) is 0 Å². The van der Waals surface area contributed by atoms with Crippen molar-refractivity contribution in [2.45, 2.75) is 35.8 Å². The molecule has 1 amide bonds. The van der Waals surface area contributed by atoms with E-state index in [1.165, 1.54) is 29.2 Å². The van der Waals surface area contributed by atoms with Gasteiger partial charge in [0.1, 0.15) is 11.6 Å². The van der Waals surface area contributed by atoms with Gasteiger partial charge in [0, 0.05) is 36.5 Å². The van der Waals surface area contributed by atoms with E-state index in [1.54, 1.807) is 0 Å². The van der Waals surface area contributed by atoms with Crippen molar-refractivity contribution in [2.75, 3.05) is 19.7 Å². The lowest BCUT2D eigenvalue weighted by molar-refractivity contribution is -0.138. The molecule has 1 fully saturated rings. The van der Waals surface area contributed by atoms with E-state index in [-0.39, 0.29) is 35.8 Å². The van der Waals surface area contributed by atoms with Crippen molar-refractivity contribution >= 4 is 33.5 Å². The van der Waals surface area contributed by atoms with Crippen LogP contribution in [0.25, 0.3) is 0 Å². The molecule has 11 heteroatoms. The third kappa shape index (κ3) is 6.44. The first kappa shape index (κ1) is 25.9. The molecule has 1 aliphatic rings. The molecule has 184 valence electrons. The van der Waals surface area contributed by atoms with Gasteiger partial charge in [0.25, 0.3) is 0 Å². The van der Waals surface area contributed by atoms with E-state index in [0.717, 1.165) is 18.2 Å². The second kappa shape index (κ2) is 11.1. The molecule has 0 aliphatic carbocycles. The predicted molar refractivity (Wildman–Crippen MR) is 120 cm³/mol. The molecule has 34 heavy (non-hydrogen) atoms. The first-order valence-electron chi connectivity index (χ1n) is 10.7. The number of carbonyl (C=O) groups is 2. The zero-order valence-electron chi connectivity index (χ0n) is 18.1. The lowest BCUT2D eigenvalue weighted by Gasteiger charge is -2.30. The van der Waals surface area contributed by atoms with Crippen LogP contribution in [0.4, 0.5) is 13.6 Å². The van der Waals surface area contributed by atoms with Gasteiger partial charge in [-0.2, -0.15) is 0 Å². The number of likely N-dealkylation sites (tertiary alicyclic amines) is 1. The molecule has 1 N–H and O–H groups in total. The SMILES string of the molecule is O=C(O)CC1CCN(C(=O)OCC[C@@H](c2cc(F)ccc2F)S(=O)(=O)c2ccc(Cl)cc2)CC1. The summed E-state index contributed by atoms with van der Waals surface area (Å²) >= 11 is 5.83.